The first kappa shape index (κ1) is 18.8. The second-order valence-electron chi connectivity index (χ2n) is 6.02. The summed E-state index contributed by atoms with van der Waals surface area (Å²) < 4.78 is 7.95. The van der Waals surface area contributed by atoms with E-state index in [4.69, 9.17) is 27.9 Å². The lowest BCUT2D eigenvalue weighted by atomic mass is 10.2. The minimum Gasteiger partial charge on any atom is -0.489 e. The predicted molar refractivity (Wildman–Crippen MR) is 106 cm³/mol. The van der Waals surface area contributed by atoms with Crippen LogP contribution in [0.15, 0.2) is 61.2 Å². The third kappa shape index (κ3) is 5.77. The topological polar surface area (TPSA) is 39.1 Å². The molecule has 0 fully saturated rings. The van der Waals surface area contributed by atoms with Crippen molar-refractivity contribution in [2.24, 2.45) is 0 Å². The summed E-state index contributed by atoms with van der Waals surface area (Å²) in [4.78, 5) is 4.04. The fourth-order valence-electron chi connectivity index (χ4n) is 2.58. The number of nitrogens with one attached hydrogen (secondary N) is 1. The van der Waals surface area contributed by atoms with Crippen LogP contribution in [0.5, 0.6) is 5.75 Å². The van der Waals surface area contributed by atoms with E-state index in [-0.39, 0.29) is 0 Å². The molecule has 0 spiro atoms. The summed E-state index contributed by atoms with van der Waals surface area (Å²) in [5.74, 6) is 0.841. The molecule has 3 rings (SSSR count). The molecular weight excluding hydrogens is 369 g/mol. The van der Waals surface area contributed by atoms with Gasteiger partial charge in [0.15, 0.2) is 0 Å². The Kier molecular flexibility index (Phi) is 6.95. The molecule has 0 saturated carbocycles. The van der Waals surface area contributed by atoms with E-state index < -0.39 is 0 Å². The normalized spacial score (nSPS) is 10.8. The van der Waals surface area contributed by atoms with Crippen LogP contribution in [0.1, 0.15) is 17.5 Å². The number of aromatic nitrogens is 2. The first-order chi connectivity index (χ1) is 12.7. The van der Waals surface area contributed by atoms with Gasteiger partial charge in [0.25, 0.3) is 0 Å². The maximum absolute atomic E-state index is 6.04. The molecule has 0 atom stereocenters. The Balaban J connectivity index is 1.43. The number of hydrogen-bond donors (Lipinski definition) is 1. The number of halogens is 2. The standard InChI is InChI=1S/C20H21Cl2N3O/c21-19-6-5-17(12-20(19)22)14-26-18-4-1-3-16(11-18)13-23-7-2-9-25-10-8-24-15-25/h1,3-6,8,10-12,15,23H,2,7,9,13-14H2. The van der Waals surface area contributed by atoms with Crippen LogP contribution in [0.4, 0.5) is 0 Å². The van der Waals surface area contributed by atoms with E-state index in [9.17, 15) is 0 Å². The highest BCUT2D eigenvalue weighted by Gasteiger charge is 2.02. The van der Waals surface area contributed by atoms with Gasteiger partial charge in [-0.25, -0.2) is 4.98 Å². The first-order valence-corrected chi connectivity index (χ1v) is 9.28. The van der Waals surface area contributed by atoms with Crippen molar-refractivity contribution in [3.8, 4) is 5.75 Å². The van der Waals surface area contributed by atoms with Crippen molar-refractivity contribution in [2.75, 3.05) is 6.54 Å². The van der Waals surface area contributed by atoms with Crippen molar-refractivity contribution in [1.82, 2.24) is 14.9 Å². The lowest BCUT2D eigenvalue weighted by Gasteiger charge is -2.10. The maximum Gasteiger partial charge on any atom is 0.120 e. The van der Waals surface area contributed by atoms with Crippen LogP contribution in [-0.4, -0.2) is 16.1 Å². The number of ether oxygens (including phenoxy) is 1. The zero-order chi connectivity index (χ0) is 18.2. The predicted octanol–water partition coefficient (Wildman–Crippen LogP) is 4.95. The fourth-order valence-corrected chi connectivity index (χ4v) is 2.90. The van der Waals surface area contributed by atoms with Gasteiger partial charge in [-0.15, -0.1) is 0 Å². The molecule has 3 aromatic rings. The summed E-state index contributed by atoms with van der Waals surface area (Å²) in [6.45, 7) is 3.19. The smallest absolute Gasteiger partial charge is 0.120 e. The summed E-state index contributed by atoms with van der Waals surface area (Å²) in [5, 5.41) is 4.55. The van der Waals surface area contributed by atoms with Gasteiger partial charge in [-0.1, -0.05) is 41.4 Å². The van der Waals surface area contributed by atoms with Gasteiger partial charge in [-0.3, -0.25) is 0 Å². The average Bonchev–Trinajstić information content (AvgIpc) is 3.16. The van der Waals surface area contributed by atoms with Crippen molar-refractivity contribution in [2.45, 2.75) is 26.1 Å². The summed E-state index contributed by atoms with van der Waals surface area (Å²) in [6.07, 6.45) is 6.68. The number of hydrogen-bond acceptors (Lipinski definition) is 3. The van der Waals surface area contributed by atoms with Crippen LogP contribution in [-0.2, 0) is 19.7 Å². The summed E-state index contributed by atoms with van der Waals surface area (Å²) >= 11 is 12.0. The van der Waals surface area contributed by atoms with Crippen molar-refractivity contribution < 1.29 is 4.74 Å². The Morgan fingerprint density at radius 1 is 1.04 bits per heavy atom. The monoisotopic (exact) mass is 389 g/mol. The third-order valence-electron chi connectivity index (χ3n) is 3.95. The Bertz CT molecular complexity index is 822. The van der Waals surface area contributed by atoms with Crippen molar-refractivity contribution in [3.05, 3.63) is 82.4 Å². The Morgan fingerprint density at radius 3 is 2.77 bits per heavy atom. The van der Waals surface area contributed by atoms with E-state index in [0.29, 0.717) is 16.7 Å². The number of rotatable bonds is 9. The molecule has 0 aliphatic rings. The van der Waals surface area contributed by atoms with E-state index in [1.165, 1.54) is 5.56 Å². The molecule has 26 heavy (non-hydrogen) atoms. The summed E-state index contributed by atoms with van der Waals surface area (Å²) in [6, 6.07) is 13.6. The second kappa shape index (κ2) is 9.62. The van der Waals surface area contributed by atoms with Gasteiger partial charge in [-0.2, -0.15) is 0 Å². The minimum absolute atomic E-state index is 0.457. The summed E-state index contributed by atoms with van der Waals surface area (Å²) in [7, 11) is 0. The molecule has 0 aliphatic carbocycles. The molecule has 6 heteroatoms. The number of nitrogens with zero attached hydrogens (tertiary/aromatic N) is 2. The molecule has 1 heterocycles. The van der Waals surface area contributed by atoms with Crippen molar-refractivity contribution >= 4 is 23.2 Å². The zero-order valence-electron chi connectivity index (χ0n) is 14.4. The molecule has 1 N–H and O–H groups in total. The lowest BCUT2D eigenvalue weighted by molar-refractivity contribution is 0.306. The molecule has 0 radical (unpaired) electrons. The molecule has 0 aliphatic heterocycles. The van der Waals surface area contributed by atoms with Crippen LogP contribution in [0.3, 0.4) is 0 Å². The molecular formula is C20H21Cl2N3O. The SMILES string of the molecule is Clc1ccc(COc2cccc(CNCCCn3ccnc3)c2)cc1Cl. The molecule has 4 nitrogen and oxygen atoms in total. The Morgan fingerprint density at radius 2 is 1.96 bits per heavy atom. The molecule has 0 unspecified atom stereocenters. The van der Waals surface area contributed by atoms with Gasteiger partial charge in [0.05, 0.1) is 16.4 Å². The van der Waals surface area contributed by atoms with E-state index in [0.717, 1.165) is 37.4 Å². The molecule has 0 saturated heterocycles. The number of imidazole rings is 1. The van der Waals surface area contributed by atoms with Crippen molar-refractivity contribution in [1.29, 1.82) is 0 Å². The van der Waals surface area contributed by atoms with Gasteiger partial charge in [0.2, 0.25) is 0 Å². The molecule has 0 bridgehead atoms. The zero-order valence-corrected chi connectivity index (χ0v) is 15.9. The van der Waals surface area contributed by atoms with Gasteiger partial charge in [0, 0.05) is 25.5 Å². The summed E-state index contributed by atoms with van der Waals surface area (Å²) in [5.41, 5.74) is 2.18. The van der Waals surface area contributed by atoms with Crippen LogP contribution in [0, 0.1) is 0 Å². The molecule has 2 aromatic carbocycles. The largest absolute Gasteiger partial charge is 0.489 e. The highest BCUT2D eigenvalue weighted by Crippen LogP contribution is 2.23. The van der Waals surface area contributed by atoms with Gasteiger partial charge in [-0.05, 0) is 48.4 Å². The average molecular weight is 390 g/mol. The molecule has 136 valence electrons. The van der Waals surface area contributed by atoms with E-state index in [1.807, 2.05) is 36.8 Å². The molecule has 1 aromatic heterocycles. The van der Waals surface area contributed by atoms with Gasteiger partial charge < -0.3 is 14.6 Å². The highest BCUT2D eigenvalue weighted by atomic mass is 35.5. The van der Waals surface area contributed by atoms with Crippen molar-refractivity contribution in [3.63, 3.8) is 0 Å². The third-order valence-corrected chi connectivity index (χ3v) is 4.69. The number of benzene rings is 2. The van der Waals surface area contributed by atoms with Crippen LogP contribution >= 0.6 is 23.2 Å². The Labute approximate surface area is 163 Å². The van der Waals surface area contributed by atoms with Gasteiger partial charge in [0.1, 0.15) is 12.4 Å². The first-order valence-electron chi connectivity index (χ1n) is 8.53. The Hall–Kier alpha value is -2.01. The number of aryl methyl sites for hydroxylation is 1. The fraction of sp³-hybridized carbons (Fsp3) is 0.250. The van der Waals surface area contributed by atoms with E-state index in [2.05, 4.69) is 27.0 Å². The van der Waals surface area contributed by atoms with Gasteiger partial charge >= 0.3 is 0 Å². The van der Waals surface area contributed by atoms with E-state index in [1.54, 1.807) is 12.3 Å². The van der Waals surface area contributed by atoms with Crippen LogP contribution < -0.4 is 10.1 Å². The van der Waals surface area contributed by atoms with Crippen LogP contribution in [0.2, 0.25) is 10.0 Å². The maximum atomic E-state index is 6.04. The van der Waals surface area contributed by atoms with Crippen LogP contribution in [0.25, 0.3) is 0 Å². The molecule has 0 amide bonds. The quantitative estimate of drug-likeness (QED) is 0.526. The van der Waals surface area contributed by atoms with E-state index >= 15 is 0 Å². The lowest BCUT2D eigenvalue weighted by Crippen LogP contribution is -2.16. The minimum atomic E-state index is 0.457. The second-order valence-corrected chi connectivity index (χ2v) is 6.83. The highest BCUT2D eigenvalue weighted by molar-refractivity contribution is 6.42.